The molecule has 112 valence electrons. The molecule has 3 N–H and O–H groups in total. The zero-order valence-electron chi connectivity index (χ0n) is 11.1. The van der Waals surface area contributed by atoms with E-state index in [0.717, 1.165) is 5.56 Å². The van der Waals surface area contributed by atoms with Gasteiger partial charge in [-0.15, -0.1) is 0 Å². The third-order valence-electron chi connectivity index (χ3n) is 3.91. The summed E-state index contributed by atoms with van der Waals surface area (Å²) in [4.78, 5) is 1.35. The molecule has 1 saturated heterocycles. The van der Waals surface area contributed by atoms with E-state index in [0.29, 0.717) is 0 Å². The Balaban J connectivity index is 2.27. The maximum atomic E-state index is 13.2. The molecular formula is C14H19F2NO3. The smallest absolute Gasteiger partial charge is 0.256 e. The number of hydrogen-bond acceptors (Lipinski definition) is 4. The largest absolute Gasteiger partial charge is 0.389 e. The molecule has 5 atom stereocenters. The fourth-order valence-corrected chi connectivity index (χ4v) is 2.70. The van der Waals surface area contributed by atoms with Gasteiger partial charge < -0.3 is 15.3 Å². The number of piperidine rings is 1. The van der Waals surface area contributed by atoms with Crippen LogP contribution in [0, 0.1) is 0 Å². The molecule has 1 aromatic rings. The fraction of sp³-hybridized carbons (Fsp3) is 0.571. The summed E-state index contributed by atoms with van der Waals surface area (Å²) in [5.41, 5.74) is 0.814. The molecule has 0 unspecified atom stereocenters. The van der Waals surface area contributed by atoms with Crippen LogP contribution in [0.5, 0.6) is 0 Å². The van der Waals surface area contributed by atoms with Gasteiger partial charge in [-0.05, 0) is 12.5 Å². The van der Waals surface area contributed by atoms with Gasteiger partial charge in [0.05, 0.1) is 6.10 Å². The van der Waals surface area contributed by atoms with E-state index in [1.807, 2.05) is 6.07 Å². The molecule has 4 nitrogen and oxygen atoms in total. The Morgan fingerprint density at radius 3 is 2.25 bits per heavy atom. The van der Waals surface area contributed by atoms with Crippen molar-refractivity contribution in [2.45, 2.75) is 43.7 Å². The fourth-order valence-electron chi connectivity index (χ4n) is 2.70. The molecule has 1 aromatic carbocycles. The predicted molar refractivity (Wildman–Crippen MR) is 69.4 cm³/mol. The molecule has 1 heterocycles. The van der Waals surface area contributed by atoms with Gasteiger partial charge in [0.1, 0.15) is 18.2 Å². The highest BCUT2D eigenvalue weighted by atomic mass is 19.3. The molecule has 1 aliphatic heterocycles. The average molecular weight is 287 g/mol. The SMILES string of the molecule is C[C@H](c1ccccc1)N1C[C@H](O)[C@@H](O)[C@@H](O)[C@@H]1C(F)F. The highest BCUT2D eigenvalue weighted by Crippen LogP contribution is 2.31. The van der Waals surface area contributed by atoms with Crippen LogP contribution in [0.1, 0.15) is 18.5 Å². The highest BCUT2D eigenvalue weighted by molar-refractivity contribution is 5.19. The van der Waals surface area contributed by atoms with Crippen LogP contribution < -0.4 is 0 Å². The first-order valence-electron chi connectivity index (χ1n) is 6.56. The molecule has 0 saturated carbocycles. The number of halogens is 2. The minimum absolute atomic E-state index is 0.108. The zero-order valence-corrected chi connectivity index (χ0v) is 11.1. The van der Waals surface area contributed by atoms with Gasteiger partial charge in [-0.3, -0.25) is 4.90 Å². The Hall–Kier alpha value is -1.08. The lowest BCUT2D eigenvalue weighted by Gasteiger charge is -2.46. The van der Waals surface area contributed by atoms with Crippen molar-refractivity contribution in [1.82, 2.24) is 4.90 Å². The minimum Gasteiger partial charge on any atom is -0.389 e. The van der Waals surface area contributed by atoms with Crippen molar-refractivity contribution in [1.29, 1.82) is 0 Å². The number of benzene rings is 1. The summed E-state index contributed by atoms with van der Waals surface area (Å²) in [5.74, 6) is 0. The minimum atomic E-state index is -2.81. The van der Waals surface area contributed by atoms with E-state index in [4.69, 9.17) is 0 Å². The van der Waals surface area contributed by atoms with Crippen LogP contribution in [0.25, 0.3) is 0 Å². The van der Waals surface area contributed by atoms with Crippen LogP contribution in [0.2, 0.25) is 0 Å². The molecule has 0 aromatic heterocycles. The Morgan fingerprint density at radius 1 is 1.10 bits per heavy atom. The van der Waals surface area contributed by atoms with Crippen LogP contribution in [-0.2, 0) is 0 Å². The Bertz CT molecular complexity index is 432. The van der Waals surface area contributed by atoms with Crippen LogP contribution >= 0.6 is 0 Å². The average Bonchev–Trinajstić information content (AvgIpc) is 2.44. The van der Waals surface area contributed by atoms with Crippen molar-refractivity contribution in [3.05, 3.63) is 35.9 Å². The first-order chi connectivity index (χ1) is 9.43. The highest BCUT2D eigenvalue weighted by Gasteiger charge is 2.47. The number of aliphatic hydroxyl groups is 3. The zero-order chi connectivity index (χ0) is 14.9. The lowest BCUT2D eigenvalue weighted by molar-refractivity contribution is -0.174. The summed E-state index contributed by atoms with van der Waals surface area (Å²) in [6.07, 6.45) is -7.28. The standard InChI is InChI=1S/C14H19F2NO3/c1-8(9-5-3-2-4-6-9)17-7-10(18)12(19)13(20)11(17)14(15)16/h2-6,8,10-14,18-20H,7H2,1H3/t8-,10+,11-,12-,13+/m1/s1. The molecule has 0 aliphatic carbocycles. The molecule has 20 heavy (non-hydrogen) atoms. The summed E-state index contributed by atoms with van der Waals surface area (Å²) < 4.78 is 26.4. The number of hydrogen-bond donors (Lipinski definition) is 3. The number of alkyl halides is 2. The number of β-amino-alcohol motifs (C(OH)–C–C–N with tert-alkyl or cyclic N) is 1. The van der Waals surface area contributed by atoms with E-state index in [2.05, 4.69) is 0 Å². The maximum absolute atomic E-state index is 13.2. The quantitative estimate of drug-likeness (QED) is 0.769. The van der Waals surface area contributed by atoms with Gasteiger partial charge >= 0.3 is 0 Å². The van der Waals surface area contributed by atoms with Gasteiger partial charge in [0.2, 0.25) is 0 Å². The van der Waals surface area contributed by atoms with Crippen LogP contribution in [0.15, 0.2) is 30.3 Å². The summed E-state index contributed by atoms with van der Waals surface area (Å²) >= 11 is 0. The number of rotatable bonds is 3. The van der Waals surface area contributed by atoms with E-state index >= 15 is 0 Å². The van der Waals surface area contributed by atoms with E-state index in [-0.39, 0.29) is 6.54 Å². The number of aliphatic hydroxyl groups excluding tert-OH is 3. The van der Waals surface area contributed by atoms with Gasteiger partial charge in [0, 0.05) is 12.6 Å². The summed E-state index contributed by atoms with van der Waals surface area (Å²) in [7, 11) is 0. The van der Waals surface area contributed by atoms with Gasteiger partial charge in [0.15, 0.2) is 0 Å². The first-order valence-corrected chi connectivity index (χ1v) is 6.56. The molecule has 6 heteroatoms. The Morgan fingerprint density at radius 2 is 1.70 bits per heavy atom. The molecule has 0 spiro atoms. The summed E-state index contributed by atoms with van der Waals surface area (Å²) in [6, 6.07) is 7.14. The van der Waals surface area contributed by atoms with Gasteiger partial charge in [0.25, 0.3) is 6.43 Å². The van der Waals surface area contributed by atoms with Crippen molar-refractivity contribution >= 4 is 0 Å². The predicted octanol–water partition coefficient (Wildman–Crippen LogP) is 0.780. The van der Waals surface area contributed by atoms with E-state index < -0.39 is 36.8 Å². The lowest BCUT2D eigenvalue weighted by Crippen LogP contribution is -2.63. The maximum Gasteiger partial charge on any atom is 0.256 e. The second kappa shape index (κ2) is 6.13. The Labute approximate surface area is 116 Å². The van der Waals surface area contributed by atoms with Crippen molar-refractivity contribution < 1.29 is 24.1 Å². The van der Waals surface area contributed by atoms with E-state index in [1.165, 1.54) is 4.90 Å². The summed E-state index contributed by atoms with van der Waals surface area (Å²) in [6.45, 7) is 1.63. The normalized spacial score (nSPS) is 33.4. The first kappa shape index (κ1) is 15.3. The second-order valence-electron chi connectivity index (χ2n) is 5.16. The van der Waals surface area contributed by atoms with Crippen molar-refractivity contribution in [2.24, 2.45) is 0 Å². The second-order valence-corrected chi connectivity index (χ2v) is 5.16. The van der Waals surface area contributed by atoms with Crippen LogP contribution in [0.3, 0.4) is 0 Å². The van der Waals surface area contributed by atoms with Gasteiger partial charge in [-0.25, -0.2) is 8.78 Å². The Kier molecular flexibility index (Phi) is 4.70. The monoisotopic (exact) mass is 287 g/mol. The van der Waals surface area contributed by atoms with Gasteiger partial charge in [-0.2, -0.15) is 0 Å². The van der Waals surface area contributed by atoms with Crippen molar-refractivity contribution in [3.8, 4) is 0 Å². The van der Waals surface area contributed by atoms with E-state index in [1.54, 1.807) is 31.2 Å². The summed E-state index contributed by atoms with van der Waals surface area (Å²) in [5, 5.41) is 29.1. The molecule has 0 amide bonds. The van der Waals surface area contributed by atoms with Crippen molar-refractivity contribution in [3.63, 3.8) is 0 Å². The number of likely N-dealkylation sites (tertiary alicyclic amines) is 1. The van der Waals surface area contributed by atoms with E-state index in [9.17, 15) is 24.1 Å². The molecule has 0 bridgehead atoms. The molecular weight excluding hydrogens is 268 g/mol. The molecule has 1 fully saturated rings. The number of nitrogens with zero attached hydrogens (tertiary/aromatic N) is 1. The third kappa shape index (κ3) is 2.83. The molecule has 2 rings (SSSR count). The third-order valence-corrected chi connectivity index (χ3v) is 3.91. The van der Waals surface area contributed by atoms with Crippen LogP contribution in [-0.4, -0.2) is 57.5 Å². The molecule has 0 radical (unpaired) electrons. The van der Waals surface area contributed by atoms with Gasteiger partial charge in [-0.1, -0.05) is 30.3 Å². The molecule has 1 aliphatic rings. The topological polar surface area (TPSA) is 63.9 Å². The van der Waals surface area contributed by atoms with Crippen molar-refractivity contribution in [2.75, 3.05) is 6.54 Å². The van der Waals surface area contributed by atoms with Crippen LogP contribution in [0.4, 0.5) is 8.78 Å². The lowest BCUT2D eigenvalue weighted by atomic mass is 9.91.